The Kier molecular flexibility index (Phi) is 4.64. The van der Waals surface area contributed by atoms with E-state index in [2.05, 4.69) is 0 Å². The van der Waals surface area contributed by atoms with E-state index in [-0.39, 0.29) is 5.92 Å². The van der Waals surface area contributed by atoms with Gasteiger partial charge in [0, 0.05) is 5.92 Å². The van der Waals surface area contributed by atoms with Gasteiger partial charge < -0.3 is 0 Å². The molecule has 0 aromatic rings. The van der Waals surface area contributed by atoms with Crippen molar-refractivity contribution in [3.05, 3.63) is 0 Å². The van der Waals surface area contributed by atoms with Crippen LogP contribution in [-0.2, 0) is 0 Å². The number of rotatable bonds is 4. The van der Waals surface area contributed by atoms with Crippen LogP contribution in [0.3, 0.4) is 0 Å². The second-order valence-corrected chi connectivity index (χ2v) is 2.29. The highest BCUT2D eigenvalue weighted by atomic mass is 19.3. The van der Waals surface area contributed by atoms with Crippen LogP contribution in [0.2, 0.25) is 0 Å². The molecule has 0 nitrogen and oxygen atoms in total. The fourth-order valence-electron chi connectivity index (χ4n) is 0.879. The van der Waals surface area contributed by atoms with Crippen LogP contribution in [0.25, 0.3) is 0 Å². The summed E-state index contributed by atoms with van der Waals surface area (Å²) in [6, 6.07) is 0. The van der Waals surface area contributed by atoms with Crippen molar-refractivity contribution in [1.29, 1.82) is 0 Å². The molecule has 0 saturated carbocycles. The lowest BCUT2D eigenvalue weighted by Crippen LogP contribution is -2.08. The van der Waals surface area contributed by atoms with Gasteiger partial charge in [-0.1, -0.05) is 20.3 Å². The minimum absolute atomic E-state index is 0.366. The van der Waals surface area contributed by atoms with Crippen LogP contribution in [0.4, 0.5) is 8.78 Å². The monoisotopic (exact) mass is 136 g/mol. The van der Waals surface area contributed by atoms with E-state index in [1.807, 2.05) is 13.8 Å². The molecule has 0 aliphatic carbocycles. The Morgan fingerprint density at radius 1 is 1.22 bits per heavy atom. The quantitative estimate of drug-likeness (QED) is 0.557. The van der Waals surface area contributed by atoms with Crippen molar-refractivity contribution in [2.75, 3.05) is 0 Å². The Hall–Kier alpha value is -0.140. The van der Waals surface area contributed by atoms with Crippen LogP contribution in [0.15, 0.2) is 0 Å². The van der Waals surface area contributed by atoms with E-state index in [1.54, 1.807) is 0 Å². The molecular weight excluding hydrogens is 122 g/mol. The summed E-state index contributed by atoms with van der Waals surface area (Å²) >= 11 is 0. The van der Waals surface area contributed by atoms with Gasteiger partial charge in [0.1, 0.15) is 0 Å². The van der Waals surface area contributed by atoms with Crippen LogP contribution in [-0.4, -0.2) is 6.43 Å². The number of hydrogen-bond donors (Lipinski definition) is 0. The third-order valence-electron chi connectivity index (χ3n) is 1.54. The fourth-order valence-corrected chi connectivity index (χ4v) is 0.879. The van der Waals surface area contributed by atoms with Crippen LogP contribution in [0, 0.1) is 5.92 Å². The summed E-state index contributed by atoms with van der Waals surface area (Å²) in [5.41, 5.74) is 0. The highest BCUT2D eigenvalue weighted by Gasteiger charge is 2.15. The lowest BCUT2D eigenvalue weighted by Gasteiger charge is -2.10. The highest BCUT2D eigenvalue weighted by molar-refractivity contribution is 4.57. The molecule has 0 aliphatic rings. The van der Waals surface area contributed by atoms with E-state index in [0.29, 0.717) is 12.8 Å². The van der Waals surface area contributed by atoms with E-state index in [1.165, 1.54) is 0 Å². The maximum Gasteiger partial charge on any atom is 0.241 e. The van der Waals surface area contributed by atoms with E-state index >= 15 is 0 Å². The first kappa shape index (κ1) is 8.86. The normalized spacial score (nSPS) is 14.3. The third kappa shape index (κ3) is 3.44. The van der Waals surface area contributed by atoms with Crippen LogP contribution in [0.5, 0.6) is 0 Å². The zero-order chi connectivity index (χ0) is 7.28. The van der Waals surface area contributed by atoms with Crippen molar-refractivity contribution >= 4 is 0 Å². The minimum atomic E-state index is -2.12. The first-order valence-corrected chi connectivity index (χ1v) is 3.50. The molecule has 0 aromatic carbocycles. The summed E-state index contributed by atoms with van der Waals surface area (Å²) in [5, 5.41) is 0. The smallest absolute Gasteiger partial charge is 0.210 e. The molecule has 0 aromatic heterocycles. The summed E-state index contributed by atoms with van der Waals surface area (Å²) in [7, 11) is 0. The summed E-state index contributed by atoms with van der Waals surface area (Å²) in [6.45, 7) is 3.75. The Bertz CT molecular complexity index is 61.9. The number of halogens is 2. The number of hydrogen-bond acceptors (Lipinski definition) is 0. The largest absolute Gasteiger partial charge is 0.241 e. The fraction of sp³-hybridized carbons (Fsp3) is 1.00. The first-order valence-electron chi connectivity index (χ1n) is 3.50. The van der Waals surface area contributed by atoms with Gasteiger partial charge in [0.2, 0.25) is 6.43 Å². The summed E-state index contributed by atoms with van der Waals surface area (Å²) in [4.78, 5) is 0. The molecule has 0 aliphatic heterocycles. The van der Waals surface area contributed by atoms with Crippen molar-refractivity contribution in [2.45, 2.75) is 39.5 Å². The molecule has 56 valence electrons. The zero-order valence-corrected chi connectivity index (χ0v) is 6.03. The molecule has 1 atom stereocenters. The molecule has 0 spiro atoms. The molecule has 0 rings (SSSR count). The SMILES string of the molecule is CCCC(CC)C(F)F. The van der Waals surface area contributed by atoms with Crippen LogP contribution in [0.1, 0.15) is 33.1 Å². The van der Waals surface area contributed by atoms with Gasteiger partial charge in [0.25, 0.3) is 0 Å². The van der Waals surface area contributed by atoms with Gasteiger partial charge in [-0.15, -0.1) is 0 Å². The molecule has 0 radical (unpaired) electrons. The third-order valence-corrected chi connectivity index (χ3v) is 1.54. The topological polar surface area (TPSA) is 0 Å². The van der Waals surface area contributed by atoms with Gasteiger partial charge in [0.05, 0.1) is 0 Å². The minimum Gasteiger partial charge on any atom is -0.210 e. The van der Waals surface area contributed by atoms with Gasteiger partial charge in [-0.25, -0.2) is 8.78 Å². The standard InChI is InChI=1S/C7H14F2/c1-3-5-6(4-2)7(8)9/h6-7H,3-5H2,1-2H3. The predicted molar refractivity (Wildman–Crippen MR) is 34.7 cm³/mol. The molecular formula is C7H14F2. The molecule has 0 bridgehead atoms. The highest BCUT2D eigenvalue weighted by Crippen LogP contribution is 2.18. The zero-order valence-electron chi connectivity index (χ0n) is 6.03. The lowest BCUT2D eigenvalue weighted by atomic mass is 10.0. The van der Waals surface area contributed by atoms with Crippen LogP contribution >= 0.6 is 0 Å². The maximum atomic E-state index is 11.9. The Morgan fingerprint density at radius 3 is 1.89 bits per heavy atom. The molecule has 1 unspecified atom stereocenters. The average molecular weight is 136 g/mol. The second kappa shape index (κ2) is 4.71. The Labute approximate surface area is 55.3 Å². The lowest BCUT2D eigenvalue weighted by molar-refractivity contribution is 0.0698. The maximum absolute atomic E-state index is 11.9. The van der Waals surface area contributed by atoms with Crippen molar-refractivity contribution in [1.82, 2.24) is 0 Å². The molecule has 9 heavy (non-hydrogen) atoms. The number of alkyl halides is 2. The van der Waals surface area contributed by atoms with Gasteiger partial charge >= 0.3 is 0 Å². The molecule has 0 N–H and O–H groups in total. The summed E-state index contributed by atoms with van der Waals surface area (Å²) in [6.07, 6.45) is 0.0117. The molecule has 0 fully saturated rings. The Morgan fingerprint density at radius 2 is 1.78 bits per heavy atom. The van der Waals surface area contributed by atoms with Gasteiger partial charge in [-0.3, -0.25) is 0 Å². The summed E-state index contributed by atoms with van der Waals surface area (Å²) < 4.78 is 23.8. The van der Waals surface area contributed by atoms with Gasteiger partial charge in [0.15, 0.2) is 0 Å². The molecule has 0 saturated heterocycles. The summed E-state index contributed by atoms with van der Waals surface area (Å²) in [5.74, 6) is -0.366. The van der Waals surface area contributed by atoms with Crippen molar-refractivity contribution < 1.29 is 8.78 Å². The molecule has 2 heteroatoms. The van der Waals surface area contributed by atoms with E-state index < -0.39 is 6.43 Å². The van der Waals surface area contributed by atoms with Gasteiger partial charge in [-0.2, -0.15) is 0 Å². The van der Waals surface area contributed by atoms with Crippen LogP contribution < -0.4 is 0 Å². The van der Waals surface area contributed by atoms with E-state index in [9.17, 15) is 8.78 Å². The average Bonchev–Trinajstić information content (AvgIpc) is 1.82. The van der Waals surface area contributed by atoms with E-state index in [4.69, 9.17) is 0 Å². The van der Waals surface area contributed by atoms with Crippen molar-refractivity contribution in [2.24, 2.45) is 5.92 Å². The molecule has 0 amide bonds. The van der Waals surface area contributed by atoms with Crippen molar-refractivity contribution in [3.63, 3.8) is 0 Å². The second-order valence-electron chi connectivity index (χ2n) is 2.29. The predicted octanol–water partition coefficient (Wildman–Crippen LogP) is 3.08. The molecule has 0 heterocycles. The first-order chi connectivity index (χ1) is 4.22. The Balaban J connectivity index is 3.41. The van der Waals surface area contributed by atoms with Crippen molar-refractivity contribution in [3.8, 4) is 0 Å². The van der Waals surface area contributed by atoms with E-state index in [0.717, 1.165) is 6.42 Å². The van der Waals surface area contributed by atoms with Gasteiger partial charge in [-0.05, 0) is 12.8 Å².